The topological polar surface area (TPSA) is 48.0 Å². The van der Waals surface area contributed by atoms with Crippen molar-refractivity contribution >= 4 is 10.9 Å². The van der Waals surface area contributed by atoms with Crippen LogP contribution in [0.1, 0.15) is 12.6 Å². The first-order chi connectivity index (χ1) is 7.19. The largest absolute Gasteiger partial charge is 0.508 e. The number of aromatic nitrogens is 1. The fourth-order valence-electron chi connectivity index (χ4n) is 1.72. The van der Waals surface area contributed by atoms with Gasteiger partial charge < -0.3 is 15.4 Å². The van der Waals surface area contributed by atoms with Crippen LogP contribution < -0.4 is 5.32 Å². The van der Waals surface area contributed by atoms with E-state index in [-0.39, 0.29) is 0 Å². The van der Waals surface area contributed by atoms with E-state index in [1.807, 2.05) is 13.1 Å². The lowest BCUT2D eigenvalue weighted by Crippen LogP contribution is -2.23. The van der Waals surface area contributed by atoms with E-state index in [0.717, 1.165) is 17.3 Å². The maximum Gasteiger partial charge on any atom is 0.117 e. The molecule has 3 heteroatoms. The maximum atomic E-state index is 9.34. The van der Waals surface area contributed by atoms with Crippen LogP contribution >= 0.6 is 0 Å². The number of likely N-dealkylation sites (N-methyl/N-ethyl adjacent to an activating group) is 1. The molecule has 0 aliphatic carbocycles. The molecule has 0 bridgehead atoms. The summed E-state index contributed by atoms with van der Waals surface area (Å²) < 4.78 is 0. The molecule has 3 nitrogen and oxygen atoms in total. The third kappa shape index (κ3) is 2.13. The van der Waals surface area contributed by atoms with Crippen molar-refractivity contribution < 1.29 is 5.11 Å². The number of rotatable bonds is 3. The summed E-state index contributed by atoms with van der Waals surface area (Å²) in [6, 6.07) is 7.97. The van der Waals surface area contributed by atoms with Gasteiger partial charge in [-0.25, -0.2) is 0 Å². The zero-order chi connectivity index (χ0) is 10.8. The van der Waals surface area contributed by atoms with E-state index in [1.54, 1.807) is 12.1 Å². The average Bonchev–Trinajstić information content (AvgIpc) is 2.59. The third-order valence-corrected chi connectivity index (χ3v) is 2.68. The molecule has 80 valence electrons. The molecule has 0 saturated carbocycles. The van der Waals surface area contributed by atoms with Gasteiger partial charge in [0, 0.05) is 29.7 Å². The second kappa shape index (κ2) is 3.95. The van der Waals surface area contributed by atoms with Gasteiger partial charge in [0.15, 0.2) is 0 Å². The summed E-state index contributed by atoms with van der Waals surface area (Å²) in [6.07, 6.45) is 0.964. The Bertz CT molecular complexity index is 462. The molecule has 1 aromatic heterocycles. The fourth-order valence-corrected chi connectivity index (χ4v) is 1.72. The quantitative estimate of drug-likeness (QED) is 0.716. The summed E-state index contributed by atoms with van der Waals surface area (Å²) in [7, 11) is 1.96. The molecule has 0 aliphatic heterocycles. The number of phenolic OH excluding ortho intramolecular Hbond substituents is 1. The van der Waals surface area contributed by atoms with Crippen LogP contribution in [0, 0.1) is 0 Å². The highest BCUT2D eigenvalue weighted by atomic mass is 16.3. The Morgan fingerprint density at radius 1 is 1.40 bits per heavy atom. The van der Waals surface area contributed by atoms with E-state index in [4.69, 9.17) is 0 Å². The van der Waals surface area contributed by atoms with Crippen LogP contribution in [0.4, 0.5) is 0 Å². The van der Waals surface area contributed by atoms with Gasteiger partial charge in [0.1, 0.15) is 5.75 Å². The molecule has 0 aliphatic rings. The number of hydrogen-bond donors (Lipinski definition) is 3. The van der Waals surface area contributed by atoms with Gasteiger partial charge >= 0.3 is 0 Å². The summed E-state index contributed by atoms with van der Waals surface area (Å²) in [5, 5.41) is 13.7. The smallest absolute Gasteiger partial charge is 0.117 e. The van der Waals surface area contributed by atoms with E-state index in [2.05, 4.69) is 23.3 Å². The van der Waals surface area contributed by atoms with E-state index in [1.165, 1.54) is 5.69 Å². The van der Waals surface area contributed by atoms with Gasteiger partial charge in [-0.2, -0.15) is 0 Å². The van der Waals surface area contributed by atoms with Crippen molar-refractivity contribution in [3.8, 4) is 5.75 Å². The molecule has 0 radical (unpaired) electrons. The van der Waals surface area contributed by atoms with Crippen molar-refractivity contribution in [2.45, 2.75) is 19.4 Å². The van der Waals surface area contributed by atoms with Crippen LogP contribution in [0.3, 0.4) is 0 Å². The zero-order valence-electron chi connectivity index (χ0n) is 9.04. The van der Waals surface area contributed by atoms with Gasteiger partial charge in [0.05, 0.1) is 0 Å². The number of hydrogen-bond acceptors (Lipinski definition) is 2. The summed E-state index contributed by atoms with van der Waals surface area (Å²) >= 11 is 0. The summed E-state index contributed by atoms with van der Waals surface area (Å²) in [4.78, 5) is 3.30. The van der Waals surface area contributed by atoms with Gasteiger partial charge in [0.2, 0.25) is 0 Å². The molecule has 1 aromatic carbocycles. The minimum absolute atomic E-state index is 0.303. The minimum Gasteiger partial charge on any atom is -0.508 e. The fraction of sp³-hybridized carbons (Fsp3) is 0.333. The van der Waals surface area contributed by atoms with Crippen LogP contribution in [0.2, 0.25) is 0 Å². The van der Waals surface area contributed by atoms with Crippen molar-refractivity contribution in [1.29, 1.82) is 0 Å². The summed E-state index contributed by atoms with van der Waals surface area (Å²) in [5.74, 6) is 0.303. The van der Waals surface area contributed by atoms with Crippen LogP contribution in [0.15, 0.2) is 24.3 Å². The first-order valence-electron chi connectivity index (χ1n) is 5.17. The van der Waals surface area contributed by atoms with E-state index in [9.17, 15) is 5.11 Å². The van der Waals surface area contributed by atoms with Crippen LogP contribution in [-0.4, -0.2) is 23.2 Å². The van der Waals surface area contributed by atoms with Crippen molar-refractivity contribution in [2.24, 2.45) is 0 Å². The molecule has 2 aromatic rings. The Morgan fingerprint density at radius 2 is 2.20 bits per heavy atom. The number of benzene rings is 1. The highest BCUT2D eigenvalue weighted by molar-refractivity contribution is 5.81. The normalized spacial score (nSPS) is 13.2. The van der Waals surface area contributed by atoms with Crippen molar-refractivity contribution in [2.75, 3.05) is 7.05 Å². The minimum atomic E-state index is 0.303. The monoisotopic (exact) mass is 204 g/mol. The number of nitrogens with one attached hydrogen (secondary N) is 2. The standard InChI is InChI=1S/C12H16N2O/c1-8(13-2)5-10-6-9-3-4-11(15)7-12(9)14-10/h3-4,6-8,13-15H,5H2,1-2H3. The highest BCUT2D eigenvalue weighted by Crippen LogP contribution is 2.20. The lowest BCUT2D eigenvalue weighted by Gasteiger charge is -2.07. The van der Waals surface area contributed by atoms with Crippen LogP contribution in [-0.2, 0) is 6.42 Å². The van der Waals surface area contributed by atoms with Gasteiger partial charge in [0.25, 0.3) is 0 Å². The average molecular weight is 204 g/mol. The Balaban J connectivity index is 2.30. The first-order valence-corrected chi connectivity index (χ1v) is 5.17. The molecular formula is C12H16N2O. The third-order valence-electron chi connectivity index (χ3n) is 2.68. The second-order valence-corrected chi connectivity index (χ2v) is 3.96. The molecule has 0 amide bonds. The van der Waals surface area contributed by atoms with Crippen molar-refractivity contribution in [1.82, 2.24) is 10.3 Å². The molecule has 15 heavy (non-hydrogen) atoms. The first kappa shape index (κ1) is 10.1. The Morgan fingerprint density at radius 3 is 2.93 bits per heavy atom. The number of aromatic hydroxyl groups is 1. The Hall–Kier alpha value is -1.48. The molecule has 3 N–H and O–H groups in total. The lowest BCUT2D eigenvalue weighted by molar-refractivity contribution is 0.476. The van der Waals surface area contributed by atoms with Crippen LogP contribution in [0.25, 0.3) is 10.9 Å². The van der Waals surface area contributed by atoms with Gasteiger partial charge in [-0.05, 0) is 37.6 Å². The van der Waals surface area contributed by atoms with E-state index in [0.29, 0.717) is 11.8 Å². The molecule has 0 spiro atoms. The summed E-state index contributed by atoms with van der Waals surface area (Å²) in [6.45, 7) is 2.14. The number of phenols is 1. The number of aromatic amines is 1. The predicted octanol–water partition coefficient (Wildman–Crippen LogP) is 2.02. The van der Waals surface area contributed by atoms with Crippen molar-refractivity contribution in [3.63, 3.8) is 0 Å². The molecule has 1 atom stereocenters. The zero-order valence-corrected chi connectivity index (χ0v) is 9.04. The maximum absolute atomic E-state index is 9.34. The lowest BCUT2D eigenvalue weighted by atomic mass is 10.2. The number of fused-ring (bicyclic) bond motifs is 1. The molecule has 0 fully saturated rings. The molecule has 1 unspecified atom stereocenters. The van der Waals surface area contributed by atoms with Gasteiger partial charge in [-0.1, -0.05) is 0 Å². The SMILES string of the molecule is CNC(C)Cc1cc2ccc(O)cc2[nH]1. The Kier molecular flexibility index (Phi) is 2.64. The number of H-pyrrole nitrogens is 1. The van der Waals surface area contributed by atoms with Gasteiger partial charge in [-0.3, -0.25) is 0 Å². The van der Waals surface area contributed by atoms with Crippen LogP contribution in [0.5, 0.6) is 5.75 Å². The van der Waals surface area contributed by atoms with E-state index >= 15 is 0 Å². The summed E-state index contributed by atoms with van der Waals surface area (Å²) in [5.41, 5.74) is 2.19. The predicted molar refractivity (Wildman–Crippen MR) is 62.2 cm³/mol. The van der Waals surface area contributed by atoms with Gasteiger partial charge in [-0.15, -0.1) is 0 Å². The highest BCUT2D eigenvalue weighted by Gasteiger charge is 2.04. The molecule has 2 rings (SSSR count). The van der Waals surface area contributed by atoms with E-state index < -0.39 is 0 Å². The second-order valence-electron chi connectivity index (χ2n) is 3.96. The molecule has 1 heterocycles. The molecule has 0 saturated heterocycles. The Labute approximate surface area is 89.1 Å². The molecular weight excluding hydrogens is 188 g/mol. The van der Waals surface area contributed by atoms with Crippen molar-refractivity contribution in [3.05, 3.63) is 30.0 Å².